The smallest absolute Gasteiger partial charge is 0.417 e. The first-order valence-electron chi connectivity index (χ1n) is 16.6. The molecule has 8 rings (SSSR count). The molecule has 3 aromatic carbocycles. The summed E-state index contributed by atoms with van der Waals surface area (Å²) in [6, 6.07) is 16.5. The molecule has 6 atom stereocenters. The van der Waals surface area contributed by atoms with Gasteiger partial charge in [-0.25, -0.2) is 9.37 Å². The van der Waals surface area contributed by atoms with E-state index in [1.807, 2.05) is 0 Å². The molecular weight excluding hydrogens is 775 g/mol. The summed E-state index contributed by atoms with van der Waals surface area (Å²) in [4.78, 5) is 63.0. The van der Waals surface area contributed by atoms with Crippen molar-refractivity contribution in [3.63, 3.8) is 0 Å². The third kappa shape index (κ3) is 5.38. The number of phenolic OH excluding ortho intramolecular Hbond substituents is 1. The van der Waals surface area contributed by atoms with E-state index in [1.54, 1.807) is 42.5 Å². The molecule has 1 saturated carbocycles. The summed E-state index contributed by atoms with van der Waals surface area (Å²) in [6.07, 6.45) is -2.57. The van der Waals surface area contributed by atoms with E-state index in [2.05, 4.69) is 10.4 Å². The van der Waals surface area contributed by atoms with Crippen molar-refractivity contribution in [2.45, 2.75) is 30.4 Å². The maximum Gasteiger partial charge on any atom is 0.417 e. The lowest BCUT2D eigenvalue weighted by atomic mass is 9.49. The molecule has 2 N–H and O–H groups in total. The number of imide groups is 2. The largest absolute Gasteiger partial charge is 0.505 e. The Kier molecular flexibility index (Phi) is 8.55. The van der Waals surface area contributed by atoms with E-state index >= 15 is 9.18 Å². The minimum absolute atomic E-state index is 0.0821. The number of aromatic nitrogens is 1. The molecule has 4 amide bonds. The summed E-state index contributed by atoms with van der Waals surface area (Å²) in [5.74, 6) is -9.84. The zero-order chi connectivity index (χ0) is 38.4. The van der Waals surface area contributed by atoms with Gasteiger partial charge in [-0.15, -0.1) is 0 Å². The van der Waals surface area contributed by atoms with E-state index in [-0.39, 0.29) is 18.4 Å². The van der Waals surface area contributed by atoms with Gasteiger partial charge in [0.1, 0.15) is 0 Å². The van der Waals surface area contributed by atoms with E-state index in [1.165, 1.54) is 18.2 Å². The first-order valence-corrected chi connectivity index (χ1v) is 17.7. The van der Waals surface area contributed by atoms with Crippen molar-refractivity contribution in [1.29, 1.82) is 0 Å². The van der Waals surface area contributed by atoms with Crippen LogP contribution < -0.4 is 10.3 Å². The number of anilines is 2. The Balaban J connectivity index is 1.31. The van der Waals surface area contributed by atoms with Gasteiger partial charge in [-0.05, 0) is 84.5 Å². The van der Waals surface area contributed by atoms with Crippen LogP contribution in [0.2, 0.25) is 15.1 Å². The number of halogens is 7. The number of nitrogens with zero attached hydrogens (tertiary/aromatic N) is 3. The molecule has 4 aliphatic rings. The number of carbonyl (C=O) groups is 4. The molecule has 0 spiro atoms. The number of phenols is 1. The minimum atomic E-state index is -4.78. The number of fused-ring (bicyclic) bond motifs is 4. The van der Waals surface area contributed by atoms with Crippen LogP contribution in [0, 0.1) is 29.5 Å². The normalized spacial score (nSPS) is 26.4. The number of allylic oxidation sites excluding steroid dienone is 2. The molecule has 1 aromatic heterocycles. The first kappa shape index (κ1) is 36.0. The highest BCUT2D eigenvalue weighted by molar-refractivity contribution is 6.33. The van der Waals surface area contributed by atoms with Gasteiger partial charge in [0.25, 0.3) is 11.8 Å². The Hall–Kier alpha value is -4.98. The number of carbonyl (C=O) groups excluding carboxylic acids is 4. The maximum absolute atomic E-state index is 15.3. The molecule has 16 heteroatoms. The molecule has 0 bridgehead atoms. The lowest BCUT2D eigenvalue weighted by molar-refractivity contribution is -0.139. The van der Waals surface area contributed by atoms with E-state index in [0.717, 1.165) is 17.0 Å². The highest BCUT2D eigenvalue weighted by Gasteiger charge is 2.70. The fourth-order valence-corrected chi connectivity index (χ4v) is 9.17. The first-order chi connectivity index (χ1) is 25.6. The quantitative estimate of drug-likeness (QED) is 0.119. The molecule has 276 valence electrons. The van der Waals surface area contributed by atoms with Gasteiger partial charge in [0, 0.05) is 22.2 Å². The van der Waals surface area contributed by atoms with Crippen molar-refractivity contribution in [1.82, 2.24) is 9.99 Å². The SMILES string of the molecule is O=C1C2CC3C(=CCC4C(=O)N(c5ccc(Cl)cc5)C(=O)C43)C(c3ccc(O)c(F)c3)C2(c2ccc(Cl)cc2)C(=O)N1Nc1ncc(C(F)(F)F)cc1Cl. The van der Waals surface area contributed by atoms with E-state index in [4.69, 9.17) is 34.8 Å². The number of nitrogens with one attached hydrogen (secondary N) is 1. The lowest BCUT2D eigenvalue weighted by Gasteiger charge is -2.50. The number of benzene rings is 3. The monoisotopic (exact) mass is 798 g/mol. The molecular formula is C38H25Cl3F4N4O5. The minimum Gasteiger partial charge on any atom is -0.505 e. The van der Waals surface area contributed by atoms with Crippen LogP contribution in [-0.4, -0.2) is 38.7 Å². The van der Waals surface area contributed by atoms with Crippen LogP contribution >= 0.6 is 34.8 Å². The lowest BCUT2D eigenvalue weighted by Crippen LogP contribution is -2.53. The number of pyridine rings is 1. The van der Waals surface area contributed by atoms with Gasteiger partial charge in [0.05, 0.1) is 39.4 Å². The average molecular weight is 800 g/mol. The van der Waals surface area contributed by atoms with Crippen molar-refractivity contribution in [2.24, 2.45) is 23.7 Å². The summed E-state index contributed by atoms with van der Waals surface area (Å²) in [5.41, 5.74) is 0.792. The highest BCUT2D eigenvalue weighted by Crippen LogP contribution is 2.64. The van der Waals surface area contributed by atoms with Crippen molar-refractivity contribution >= 4 is 69.9 Å². The summed E-state index contributed by atoms with van der Waals surface area (Å²) in [6.45, 7) is 0. The molecule has 4 aromatic rings. The number of aromatic hydroxyl groups is 1. The van der Waals surface area contributed by atoms with Crippen LogP contribution in [0.1, 0.15) is 35.4 Å². The molecule has 6 unspecified atom stereocenters. The number of hydrogen-bond acceptors (Lipinski definition) is 7. The standard InChI is InChI=1S/C38H25Cl3F4N4O5/c39-20-4-2-18(3-5-20)37-26(34(52)49(36(37)54)47-32-27(41)14-19(16-46-32)38(43,44)45)15-25-23(31(37)17-1-12-29(50)28(42)13-17)10-11-24-30(25)35(53)48(33(24)51)22-8-6-21(40)7-9-22/h1-10,12-14,16,24-26,30-31,50H,11,15H2,(H,46,47). The fraction of sp³-hybridized carbons (Fsp3) is 0.237. The second-order valence-corrected chi connectivity index (χ2v) is 14.9. The molecule has 3 fully saturated rings. The predicted octanol–water partition coefficient (Wildman–Crippen LogP) is 8.09. The van der Waals surface area contributed by atoms with Gasteiger partial charge in [-0.2, -0.15) is 18.2 Å². The van der Waals surface area contributed by atoms with Crippen LogP contribution in [-0.2, 0) is 30.8 Å². The summed E-state index contributed by atoms with van der Waals surface area (Å²) in [7, 11) is 0. The molecule has 0 radical (unpaired) electrons. The fourth-order valence-electron chi connectivity index (χ4n) is 8.71. The second kappa shape index (κ2) is 12.8. The molecule has 3 heterocycles. The van der Waals surface area contributed by atoms with Crippen LogP contribution in [0.25, 0.3) is 0 Å². The maximum atomic E-state index is 15.3. The molecule has 2 aliphatic heterocycles. The number of alkyl halides is 3. The van der Waals surface area contributed by atoms with Gasteiger partial charge >= 0.3 is 6.18 Å². The third-order valence-electron chi connectivity index (χ3n) is 10.9. The second-order valence-electron chi connectivity index (χ2n) is 13.6. The van der Waals surface area contributed by atoms with Crippen LogP contribution in [0.4, 0.5) is 29.1 Å². The van der Waals surface area contributed by atoms with Crippen LogP contribution in [0.5, 0.6) is 5.75 Å². The Morgan fingerprint density at radius 1 is 0.852 bits per heavy atom. The van der Waals surface area contributed by atoms with Gasteiger partial charge in [0.15, 0.2) is 17.4 Å². The summed E-state index contributed by atoms with van der Waals surface area (Å²) >= 11 is 18.6. The number of rotatable bonds is 5. The number of hydrazine groups is 1. The molecule has 9 nitrogen and oxygen atoms in total. The number of hydrogen-bond donors (Lipinski definition) is 2. The Bertz CT molecular complexity index is 2310. The van der Waals surface area contributed by atoms with Crippen LogP contribution in [0.15, 0.2) is 90.6 Å². The highest BCUT2D eigenvalue weighted by atomic mass is 35.5. The van der Waals surface area contributed by atoms with Crippen LogP contribution in [0.3, 0.4) is 0 Å². The Labute approximate surface area is 319 Å². The van der Waals surface area contributed by atoms with E-state index < -0.39 is 92.8 Å². The van der Waals surface area contributed by atoms with Crippen molar-refractivity contribution in [3.05, 3.63) is 128 Å². The molecule has 2 aliphatic carbocycles. The van der Waals surface area contributed by atoms with Gasteiger partial charge < -0.3 is 5.11 Å². The summed E-state index contributed by atoms with van der Waals surface area (Å²) < 4.78 is 55.6. The molecule has 2 saturated heterocycles. The predicted molar refractivity (Wildman–Crippen MR) is 189 cm³/mol. The Morgan fingerprint density at radius 2 is 1.52 bits per heavy atom. The molecule has 54 heavy (non-hydrogen) atoms. The van der Waals surface area contributed by atoms with Crippen molar-refractivity contribution in [2.75, 3.05) is 10.3 Å². The van der Waals surface area contributed by atoms with E-state index in [0.29, 0.717) is 44.1 Å². The number of amides is 4. The topological polar surface area (TPSA) is 120 Å². The van der Waals surface area contributed by atoms with Crippen molar-refractivity contribution in [3.8, 4) is 5.75 Å². The zero-order valence-electron chi connectivity index (χ0n) is 27.5. The van der Waals surface area contributed by atoms with Gasteiger partial charge in [-0.1, -0.05) is 64.7 Å². The van der Waals surface area contributed by atoms with E-state index in [9.17, 15) is 32.7 Å². The zero-order valence-corrected chi connectivity index (χ0v) is 29.7. The van der Waals surface area contributed by atoms with Crippen molar-refractivity contribution < 1.29 is 41.8 Å². The summed E-state index contributed by atoms with van der Waals surface area (Å²) in [5, 5.41) is 11.0. The van der Waals surface area contributed by atoms with Gasteiger partial charge in [0.2, 0.25) is 11.8 Å². The Morgan fingerprint density at radius 3 is 2.15 bits per heavy atom. The third-order valence-corrected chi connectivity index (χ3v) is 11.7. The van der Waals surface area contributed by atoms with Gasteiger partial charge in [-0.3, -0.25) is 29.5 Å². The average Bonchev–Trinajstić information content (AvgIpc) is 3.51.